The van der Waals surface area contributed by atoms with Crippen molar-refractivity contribution in [1.29, 1.82) is 0 Å². The van der Waals surface area contributed by atoms with E-state index in [1.54, 1.807) is 31.6 Å². The number of aromatic amines is 1. The van der Waals surface area contributed by atoms with Gasteiger partial charge in [-0.05, 0) is 55.9 Å². The van der Waals surface area contributed by atoms with E-state index in [1.165, 1.54) is 18.5 Å². The van der Waals surface area contributed by atoms with Crippen LogP contribution in [-0.4, -0.2) is 64.2 Å². The van der Waals surface area contributed by atoms with Crippen molar-refractivity contribution in [3.8, 4) is 11.5 Å². The van der Waals surface area contributed by atoms with Crippen LogP contribution < -0.4 is 20.1 Å². The third-order valence-corrected chi connectivity index (χ3v) is 6.31. The Labute approximate surface area is 225 Å². The van der Waals surface area contributed by atoms with E-state index in [-0.39, 0.29) is 5.56 Å². The molecule has 11 heteroatoms. The number of nitrogens with zero attached hydrogens (tertiary/aromatic N) is 6. The highest BCUT2D eigenvalue weighted by Gasteiger charge is 2.22. The number of anilines is 2. The van der Waals surface area contributed by atoms with Gasteiger partial charge in [-0.3, -0.25) is 19.5 Å². The van der Waals surface area contributed by atoms with E-state index >= 15 is 0 Å². The maximum atomic E-state index is 12.5. The van der Waals surface area contributed by atoms with E-state index in [2.05, 4.69) is 19.9 Å². The summed E-state index contributed by atoms with van der Waals surface area (Å²) in [5.74, 6) is 1.43. The molecule has 200 valence electrons. The fourth-order valence-electron chi connectivity index (χ4n) is 4.41. The van der Waals surface area contributed by atoms with Gasteiger partial charge in [0.15, 0.2) is 0 Å². The van der Waals surface area contributed by atoms with Gasteiger partial charge < -0.3 is 14.5 Å². The molecule has 0 aliphatic carbocycles. The topological polar surface area (TPSA) is 119 Å². The molecule has 1 N–H and O–H groups in total. The Morgan fingerprint density at radius 3 is 2.59 bits per heavy atom. The number of H-pyrrole nitrogens is 1. The average Bonchev–Trinajstić information content (AvgIpc) is 2.94. The van der Waals surface area contributed by atoms with Crippen LogP contribution in [0.25, 0.3) is 21.8 Å². The zero-order valence-corrected chi connectivity index (χ0v) is 22.2. The van der Waals surface area contributed by atoms with Gasteiger partial charge in [-0.25, -0.2) is 15.0 Å². The van der Waals surface area contributed by atoms with Gasteiger partial charge in [0.1, 0.15) is 23.8 Å². The van der Waals surface area contributed by atoms with Crippen molar-refractivity contribution >= 4 is 33.4 Å². The highest BCUT2D eigenvalue weighted by Crippen LogP contribution is 2.36. The Morgan fingerprint density at radius 1 is 1.00 bits per heavy atom. The fourth-order valence-corrected chi connectivity index (χ4v) is 4.41. The number of hydrogen-bond donors (Lipinski definition) is 1. The molecule has 5 aromatic rings. The smallest absolute Gasteiger partial charge is 0.258 e. The van der Waals surface area contributed by atoms with Gasteiger partial charge in [0.05, 0.1) is 48.0 Å². The van der Waals surface area contributed by atoms with Crippen LogP contribution in [0.1, 0.15) is 11.3 Å². The van der Waals surface area contributed by atoms with Crippen LogP contribution in [0.3, 0.4) is 0 Å². The Bertz CT molecular complexity index is 1660. The quantitative estimate of drug-likeness (QED) is 0.269. The first-order chi connectivity index (χ1) is 19.0. The minimum absolute atomic E-state index is 0.264. The van der Waals surface area contributed by atoms with E-state index in [4.69, 9.17) is 24.3 Å². The molecule has 0 fully saturated rings. The normalized spacial score (nSPS) is 11.3. The molecule has 0 radical (unpaired) electrons. The number of aromatic nitrogens is 5. The van der Waals surface area contributed by atoms with Crippen molar-refractivity contribution in [1.82, 2.24) is 29.8 Å². The summed E-state index contributed by atoms with van der Waals surface area (Å²) in [6.45, 7) is 3.64. The van der Waals surface area contributed by atoms with Crippen molar-refractivity contribution in [2.75, 3.05) is 39.5 Å². The minimum atomic E-state index is -0.264. The fraction of sp³-hybridized carbons (Fsp3) is 0.250. The molecule has 3 heterocycles. The van der Waals surface area contributed by atoms with Gasteiger partial charge in [0, 0.05) is 25.5 Å². The van der Waals surface area contributed by atoms with E-state index in [0.29, 0.717) is 52.7 Å². The lowest BCUT2D eigenvalue weighted by atomic mass is 10.1. The first kappa shape index (κ1) is 26.0. The molecule has 0 atom stereocenters. The Kier molecular flexibility index (Phi) is 7.62. The van der Waals surface area contributed by atoms with Crippen molar-refractivity contribution in [2.24, 2.45) is 0 Å². The average molecular weight is 528 g/mol. The molecule has 0 saturated heterocycles. The summed E-state index contributed by atoms with van der Waals surface area (Å²) in [5.41, 5.74) is 3.32. The zero-order valence-electron chi connectivity index (χ0n) is 22.2. The molecule has 0 saturated carbocycles. The first-order valence-corrected chi connectivity index (χ1v) is 12.4. The maximum absolute atomic E-state index is 12.5. The van der Waals surface area contributed by atoms with Crippen LogP contribution in [0.4, 0.5) is 11.6 Å². The lowest BCUT2D eigenvalue weighted by Crippen LogP contribution is -2.25. The molecule has 39 heavy (non-hydrogen) atoms. The number of pyridine rings is 1. The monoisotopic (exact) mass is 527 g/mol. The van der Waals surface area contributed by atoms with Crippen LogP contribution in [-0.2, 0) is 11.4 Å². The predicted octanol–water partition coefficient (Wildman–Crippen LogP) is 3.79. The molecule has 0 amide bonds. The third-order valence-electron chi connectivity index (χ3n) is 6.31. The summed E-state index contributed by atoms with van der Waals surface area (Å²) in [6, 6.07) is 13.0. The van der Waals surface area contributed by atoms with Crippen molar-refractivity contribution < 1.29 is 14.3 Å². The highest BCUT2D eigenvalue weighted by atomic mass is 16.7. The summed E-state index contributed by atoms with van der Waals surface area (Å²) >= 11 is 0. The van der Waals surface area contributed by atoms with E-state index in [1.807, 2.05) is 44.3 Å². The molecule has 0 aliphatic rings. The largest absolute Gasteiger partial charge is 0.496 e. The van der Waals surface area contributed by atoms with Crippen LogP contribution in [0.15, 0.2) is 66.0 Å². The Hall–Kier alpha value is -4.61. The summed E-state index contributed by atoms with van der Waals surface area (Å²) in [6.07, 6.45) is 4.92. The number of likely N-dealkylation sites (N-methyl/N-ethyl adjacent to an activating group) is 1. The maximum Gasteiger partial charge on any atom is 0.258 e. The molecule has 11 nitrogen and oxygen atoms in total. The van der Waals surface area contributed by atoms with Gasteiger partial charge in [-0.2, -0.15) is 5.06 Å². The second kappa shape index (κ2) is 11.4. The second-order valence-electron chi connectivity index (χ2n) is 8.95. The number of nitrogens with one attached hydrogen (secondary N) is 1. The number of benzene rings is 2. The van der Waals surface area contributed by atoms with Crippen molar-refractivity contribution in [3.63, 3.8) is 0 Å². The summed E-state index contributed by atoms with van der Waals surface area (Å²) < 4.78 is 11.7. The number of methoxy groups -OCH3 is 1. The number of fused-ring (bicyclic) bond motifs is 2. The van der Waals surface area contributed by atoms with Gasteiger partial charge in [-0.15, -0.1) is 0 Å². The van der Waals surface area contributed by atoms with Crippen molar-refractivity contribution in [3.05, 3.63) is 82.8 Å². The minimum Gasteiger partial charge on any atom is -0.496 e. The van der Waals surface area contributed by atoms with Crippen molar-refractivity contribution in [2.45, 2.75) is 13.5 Å². The molecule has 2 aromatic carbocycles. The molecular formula is C28H29N7O4. The van der Waals surface area contributed by atoms with E-state index in [9.17, 15) is 4.79 Å². The zero-order chi connectivity index (χ0) is 27.4. The lowest BCUT2D eigenvalue weighted by Gasteiger charge is -2.24. The molecule has 0 spiro atoms. The molecule has 5 rings (SSSR count). The van der Waals surface area contributed by atoms with Gasteiger partial charge in [-0.1, -0.05) is 6.07 Å². The van der Waals surface area contributed by atoms with E-state index < -0.39 is 0 Å². The van der Waals surface area contributed by atoms with Crippen LogP contribution in [0.2, 0.25) is 0 Å². The Morgan fingerprint density at radius 2 is 1.82 bits per heavy atom. The number of ether oxygens (including phenoxy) is 2. The second-order valence-corrected chi connectivity index (χ2v) is 8.95. The highest BCUT2D eigenvalue weighted by molar-refractivity contribution is 5.89. The first-order valence-electron chi connectivity index (χ1n) is 12.4. The summed E-state index contributed by atoms with van der Waals surface area (Å²) in [4.78, 5) is 40.9. The standard InChI is InChI=1S/C28H29N7O4/c1-18-26-21(6-5-7-24(26)37-3)33-28(32-18)35(38-4)23-15-22-20(27(36)31-17-30-22)14-25(23)39-13-12-34(2)16-19-8-10-29-11-9-19/h5-11,14-15,17H,12-13,16H2,1-4H3,(H,30,31,36). The molecule has 0 aliphatic heterocycles. The molecular weight excluding hydrogens is 498 g/mol. The van der Waals surface area contributed by atoms with Crippen LogP contribution in [0.5, 0.6) is 11.5 Å². The van der Waals surface area contributed by atoms with Gasteiger partial charge in [0.2, 0.25) is 0 Å². The summed E-state index contributed by atoms with van der Waals surface area (Å²) in [5, 5.41) is 2.70. The van der Waals surface area contributed by atoms with Crippen LogP contribution in [0, 0.1) is 6.92 Å². The SMILES string of the molecule is COc1cccc2nc(N(OC)c3cc4nc[nH]c(=O)c4cc3OCCN(C)Cc3ccncc3)nc(C)c12. The molecule has 0 unspecified atom stereocenters. The lowest BCUT2D eigenvalue weighted by molar-refractivity contribution is 0.190. The van der Waals surface area contributed by atoms with Gasteiger partial charge >= 0.3 is 0 Å². The third kappa shape index (κ3) is 5.49. The summed E-state index contributed by atoms with van der Waals surface area (Å²) in [7, 11) is 5.16. The number of rotatable bonds is 10. The molecule has 3 aromatic heterocycles. The molecule has 0 bridgehead atoms. The van der Waals surface area contributed by atoms with E-state index in [0.717, 1.165) is 23.2 Å². The number of hydrogen-bond acceptors (Lipinski definition) is 10. The Balaban J connectivity index is 1.49. The predicted molar refractivity (Wildman–Crippen MR) is 148 cm³/mol. The van der Waals surface area contributed by atoms with Gasteiger partial charge in [0.25, 0.3) is 11.5 Å². The number of aryl methyl sites for hydroxylation is 1. The van der Waals surface area contributed by atoms with Crippen LogP contribution >= 0.6 is 0 Å².